The van der Waals surface area contributed by atoms with Crippen molar-refractivity contribution in [3.05, 3.63) is 48.5 Å². The second kappa shape index (κ2) is 6.54. The number of carboxylic acid groups (broad SMARTS) is 1. The number of halogens is 2. The predicted molar refractivity (Wildman–Crippen MR) is 97.0 cm³/mol. The normalized spacial score (nSPS) is 15.3. The van der Waals surface area contributed by atoms with Crippen molar-refractivity contribution in [3.8, 4) is 10.4 Å². The van der Waals surface area contributed by atoms with Crippen molar-refractivity contribution in [1.82, 2.24) is 15.0 Å². The van der Waals surface area contributed by atoms with Gasteiger partial charge in [-0.25, -0.2) is 23.5 Å². The summed E-state index contributed by atoms with van der Waals surface area (Å²) in [6, 6.07) is 4.88. The lowest BCUT2D eigenvalue weighted by molar-refractivity contribution is -0.0262. The van der Waals surface area contributed by atoms with E-state index >= 15 is 0 Å². The van der Waals surface area contributed by atoms with Crippen LogP contribution in [-0.4, -0.2) is 45.0 Å². The molecule has 0 radical (unpaired) electrons. The van der Waals surface area contributed by atoms with Crippen LogP contribution in [0, 0.1) is 0 Å². The molecule has 0 unspecified atom stereocenters. The molecular formula is C17H13F2N5O2S. The average Bonchev–Trinajstić information content (AvgIpc) is 3.08. The van der Waals surface area contributed by atoms with Crippen molar-refractivity contribution in [2.24, 2.45) is 0 Å². The minimum atomic E-state index is -2.64. The second-order valence-corrected chi connectivity index (χ2v) is 7.06. The molecule has 2 N–H and O–H groups in total. The molecule has 10 heteroatoms. The highest BCUT2D eigenvalue weighted by atomic mass is 32.1. The SMILES string of the molecule is O=C(O)c1cncc(-c2cnc(Nc3cc(N4CC(F)(F)C4)ccn3)s2)c1. The minimum Gasteiger partial charge on any atom is -0.478 e. The van der Waals surface area contributed by atoms with Crippen molar-refractivity contribution in [1.29, 1.82) is 0 Å². The minimum absolute atomic E-state index is 0.0936. The number of nitrogens with one attached hydrogen (secondary N) is 1. The largest absolute Gasteiger partial charge is 0.478 e. The number of aromatic carboxylic acids is 1. The standard InChI is InChI=1S/C17H13F2N5O2S/c18-17(19)8-24(9-17)12-1-2-21-14(4-12)23-16-22-7-13(27-16)10-3-11(15(25)26)6-20-5-10/h1-7H,8-9H2,(H,25,26)(H,21,22,23). The topological polar surface area (TPSA) is 91.2 Å². The molecule has 0 bridgehead atoms. The predicted octanol–water partition coefficient (Wildman–Crippen LogP) is 3.50. The lowest BCUT2D eigenvalue weighted by Gasteiger charge is -2.40. The summed E-state index contributed by atoms with van der Waals surface area (Å²) >= 11 is 1.31. The molecule has 3 aromatic rings. The smallest absolute Gasteiger partial charge is 0.337 e. The van der Waals surface area contributed by atoms with Gasteiger partial charge in [-0.15, -0.1) is 0 Å². The van der Waals surface area contributed by atoms with Crippen LogP contribution in [0.25, 0.3) is 10.4 Å². The number of anilines is 3. The van der Waals surface area contributed by atoms with Gasteiger partial charge in [0.15, 0.2) is 5.13 Å². The Labute approximate surface area is 156 Å². The Balaban J connectivity index is 1.50. The molecule has 0 aliphatic carbocycles. The zero-order chi connectivity index (χ0) is 19.0. The maximum atomic E-state index is 13.0. The van der Waals surface area contributed by atoms with E-state index < -0.39 is 11.9 Å². The van der Waals surface area contributed by atoms with Gasteiger partial charge in [-0.2, -0.15) is 0 Å². The molecule has 1 fully saturated rings. The zero-order valence-corrected chi connectivity index (χ0v) is 14.6. The molecular weight excluding hydrogens is 376 g/mol. The molecule has 27 heavy (non-hydrogen) atoms. The van der Waals surface area contributed by atoms with Crippen LogP contribution in [0.15, 0.2) is 43.0 Å². The summed E-state index contributed by atoms with van der Waals surface area (Å²) in [5.41, 5.74) is 1.40. The Bertz CT molecular complexity index is 1000. The van der Waals surface area contributed by atoms with Crippen LogP contribution in [0.5, 0.6) is 0 Å². The molecule has 7 nitrogen and oxygen atoms in total. The number of hydrogen-bond donors (Lipinski definition) is 2. The fourth-order valence-corrected chi connectivity index (χ4v) is 3.45. The number of carboxylic acids is 1. The number of pyridine rings is 2. The monoisotopic (exact) mass is 389 g/mol. The van der Waals surface area contributed by atoms with Gasteiger partial charge in [-0.05, 0) is 12.1 Å². The molecule has 0 spiro atoms. The van der Waals surface area contributed by atoms with Crippen LogP contribution in [-0.2, 0) is 0 Å². The second-order valence-electron chi connectivity index (χ2n) is 6.03. The molecule has 4 rings (SSSR count). The van der Waals surface area contributed by atoms with E-state index in [1.807, 2.05) is 0 Å². The quantitative estimate of drug-likeness (QED) is 0.690. The first kappa shape index (κ1) is 17.3. The average molecular weight is 389 g/mol. The summed E-state index contributed by atoms with van der Waals surface area (Å²) < 4.78 is 26.1. The third-order valence-electron chi connectivity index (χ3n) is 3.96. The van der Waals surface area contributed by atoms with Gasteiger partial charge in [-0.1, -0.05) is 11.3 Å². The maximum absolute atomic E-state index is 13.0. The van der Waals surface area contributed by atoms with Gasteiger partial charge in [-0.3, -0.25) is 4.98 Å². The van der Waals surface area contributed by atoms with Crippen LogP contribution < -0.4 is 10.2 Å². The number of aromatic nitrogens is 3. The van der Waals surface area contributed by atoms with Gasteiger partial charge >= 0.3 is 5.97 Å². The van der Waals surface area contributed by atoms with Crippen molar-refractivity contribution in [2.75, 3.05) is 23.3 Å². The number of nitrogens with zero attached hydrogens (tertiary/aromatic N) is 4. The fraction of sp³-hybridized carbons (Fsp3) is 0.176. The maximum Gasteiger partial charge on any atom is 0.337 e. The van der Waals surface area contributed by atoms with Crippen molar-refractivity contribution in [2.45, 2.75) is 5.92 Å². The number of thiazole rings is 1. The Hall–Kier alpha value is -3.14. The van der Waals surface area contributed by atoms with Gasteiger partial charge in [0.2, 0.25) is 0 Å². The summed E-state index contributed by atoms with van der Waals surface area (Å²) in [6.45, 7) is -0.602. The van der Waals surface area contributed by atoms with Gasteiger partial charge in [0.05, 0.1) is 23.5 Å². The van der Waals surface area contributed by atoms with E-state index in [0.717, 1.165) is 4.88 Å². The molecule has 1 saturated heterocycles. The summed E-state index contributed by atoms with van der Waals surface area (Å²) in [5.74, 6) is -3.20. The Morgan fingerprint density at radius 2 is 2.04 bits per heavy atom. The van der Waals surface area contributed by atoms with E-state index in [9.17, 15) is 13.6 Å². The molecule has 4 heterocycles. The molecule has 0 aromatic carbocycles. The number of alkyl halides is 2. The van der Waals surface area contributed by atoms with E-state index in [-0.39, 0.29) is 18.7 Å². The first-order valence-electron chi connectivity index (χ1n) is 7.90. The number of rotatable bonds is 5. The molecule has 0 atom stereocenters. The lowest BCUT2D eigenvalue weighted by Crippen LogP contribution is -2.56. The lowest BCUT2D eigenvalue weighted by atomic mass is 10.1. The van der Waals surface area contributed by atoms with Crippen LogP contribution in [0.4, 0.5) is 25.4 Å². The van der Waals surface area contributed by atoms with Crippen LogP contribution in [0.2, 0.25) is 0 Å². The molecule has 3 aromatic heterocycles. The van der Waals surface area contributed by atoms with Gasteiger partial charge in [0.25, 0.3) is 5.92 Å². The summed E-state index contributed by atoms with van der Waals surface area (Å²) in [6.07, 6.45) is 5.99. The molecule has 0 amide bonds. The Morgan fingerprint density at radius 3 is 2.78 bits per heavy atom. The van der Waals surface area contributed by atoms with E-state index in [1.54, 1.807) is 35.6 Å². The fourth-order valence-electron chi connectivity index (χ4n) is 2.65. The van der Waals surface area contributed by atoms with Crippen LogP contribution in [0.3, 0.4) is 0 Å². The van der Waals surface area contributed by atoms with E-state index in [4.69, 9.17) is 5.11 Å². The third-order valence-corrected chi connectivity index (χ3v) is 4.93. The van der Waals surface area contributed by atoms with Crippen molar-refractivity contribution < 1.29 is 18.7 Å². The summed E-state index contributed by atoms with van der Waals surface area (Å²) in [4.78, 5) is 25.7. The van der Waals surface area contributed by atoms with E-state index in [0.29, 0.717) is 22.2 Å². The zero-order valence-electron chi connectivity index (χ0n) is 13.8. The van der Waals surface area contributed by atoms with E-state index in [1.165, 1.54) is 23.6 Å². The molecule has 1 aliphatic heterocycles. The third kappa shape index (κ3) is 3.70. The van der Waals surface area contributed by atoms with Gasteiger partial charge in [0, 0.05) is 42.1 Å². The van der Waals surface area contributed by atoms with Gasteiger partial charge in [0.1, 0.15) is 5.82 Å². The Morgan fingerprint density at radius 1 is 1.22 bits per heavy atom. The van der Waals surface area contributed by atoms with Gasteiger partial charge < -0.3 is 15.3 Å². The highest BCUT2D eigenvalue weighted by Gasteiger charge is 2.43. The first-order valence-corrected chi connectivity index (χ1v) is 8.72. The molecule has 0 saturated carbocycles. The summed E-state index contributed by atoms with van der Waals surface area (Å²) in [5, 5.41) is 12.6. The highest BCUT2D eigenvalue weighted by Crippen LogP contribution is 2.34. The van der Waals surface area contributed by atoms with Crippen molar-refractivity contribution >= 4 is 33.9 Å². The number of carbonyl (C=O) groups is 1. The summed E-state index contributed by atoms with van der Waals surface area (Å²) in [7, 11) is 0. The number of hydrogen-bond acceptors (Lipinski definition) is 7. The highest BCUT2D eigenvalue weighted by molar-refractivity contribution is 7.18. The van der Waals surface area contributed by atoms with Crippen LogP contribution in [0.1, 0.15) is 10.4 Å². The van der Waals surface area contributed by atoms with Crippen molar-refractivity contribution in [3.63, 3.8) is 0 Å². The van der Waals surface area contributed by atoms with Crippen LogP contribution >= 0.6 is 11.3 Å². The Kier molecular flexibility index (Phi) is 4.19. The van der Waals surface area contributed by atoms with E-state index in [2.05, 4.69) is 20.3 Å². The molecule has 1 aliphatic rings. The molecule has 138 valence electrons. The first-order chi connectivity index (χ1) is 12.9.